The van der Waals surface area contributed by atoms with E-state index >= 15 is 0 Å². The van der Waals surface area contributed by atoms with Crippen LogP contribution in [0, 0.1) is 6.92 Å². The highest BCUT2D eigenvalue weighted by atomic mass is 15.1. The second-order valence-electron chi connectivity index (χ2n) is 5.50. The van der Waals surface area contributed by atoms with E-state index in [0.29, 0.717) is 0 Å². The summed E-state index contributed by atoms with van der Waals surface area (Å²) in [6.45, 7) is 12.0. The van der Waals surface area contributed by atoms with Crippen LogP contribution in [0.5, 0.6) is 0 Å². The van der Waals surface area contributed by atoms with Crippen molar-refractivity contribution >= 4 is 10.9 Å². The summed E-state index contributed by atoms with van der Waals surface area (Å²) in [6.07, 6.45) is 1.20. The Morgan fingerprint density at radius 3 is 2.67 bits per heavy atom. The maximum absolute atomic E-state index is 4.59. The van der Waals surface area contributed by atoms with Gasteiger partial charge in [0.2, 0.25) is 0 Å². The molecule has 0 unspecified atom stereocenters. The lowest BCUT2D eigenvalue weighted by atomic mass is 10.1. The van der Waals surface area contributed by atoms with Crippen molar-refractivity contribution in [3.05, 3.63) is 41.6 Å². The smallest absolute Gasteiger partial charge is 0.0708 e. The van der Waals surface area contributed by atoms with Crippen molar-refractivity contribution in [3.8, 4) is 0 Å². The first-order chi connectivity index (χ1) is 10.2. The minimum absolute atomic E-state index is 0.919. The number of nitrogens with one attached hydrogen (secondary N) is 1. The summed E-state index contributed by atoms with van der Waals surface area (Å²) in [4.78, 5) is 7.06. The number of para-hydroxylation sites is 1. The topological polar surface area (TPSA) is 28.2 Å². The second kappa shape index (κ2) is 8.11. The van der Waals surface area contributed by atoms with Gasteiger partial charge in [-0.2, -0.15) is 0 Å². The van der Waals surface area contributed by atoms with Crippen molar-refractivity contribution in [1.82, 2.24) is 15.2 Å². The zero-order valence-electron chi connectivity index (χ0n) is 13.5. The normalized spacial score (nSPS) is 11.4. The van der Waals surface area contributed by atoms with Gasteiger partial charge in [0.1, 0.15) is 0 Å². The molecule has 0 fully saturated rings. The van der Waals surface area contributed by atoms with Crippen LogP contribution < -0.4 is 5.32 Å². The Morgan fingerprint density at radius 2 is 1.90 bits per heavy atom. The zero-order valence-corrected chi connectivity index (χ0v) is 13.5. The average Bonchev–Trinajstić information content (AvgIpc) is 2.50. The number of hydrogen-bond acceptors (Lipinski definition) is 3. The average molecular weight is 285 g/mol. The van der Waals surface area contributed by atoms with Crippen molar-refractivity contribution < 1.29 is 0 Å². The number of fused-ring (bicyclic) bond motifs is 1. The van der Waals surface area contributed by atoms with Crippen molar-refractivity contribution in [2.45, 2.75) is 33.7 Å². The summed E-state index contributed by atoms with van der Waals surface area (Å²) in [5.41, 5.74) is 3.53. The first-order valence-electron chi connectivity index (χ1n) is 8.03. The largest absolute Gasteiger partial charge is 0.313 e. The molecule has 2 rings (SSSR count). The monoisotopic (exact) mass is 285 g/mol. The third kappa shape index (κ3) is 4.51. The van der Waals surface area contributed by atoms with Crippen LogP contribution >= 0.6 is 0 Å². The first-order valence-corrected chi connectivity index (χ1v) is 8.03. The molecule has 1 aromatic heterocycles. The van der Waals surface area contributed by atoms with Gasteiger partial charge in [-0.05, 0) is 57.2 Å². The molecule has 21 heavy (non-hydrogen) atoms. The molecule has 0 amide bonds. The van der Waals surface area contributed by atoms with Crippen LogP contribution in [-0.4, -0.2) is 36.1 Å². The van der Waals surface area contributed by atoms with Gasteiger partial charge >= 0.3 is 0 Å². The van der Waals surface area contributed by atoms with Crippen LogP contribution in [-0.2, 0) is 6.54 Å². The Balaban J connectivity index is 1.89. The van der Waals surface area contributed by atoms with Gasteiger partial charge in [0.15, 0.2) is 0 Å². The molecule has 1 heterocycles. The van der Waals surface area contributed by atoms with Crippen LogP contribution in [0.25, 0.3) is 10.9 Å². The van der Waals surface area contributed by atoms with E-state index in [9.17, 15) is 0 Å². The molecule has 1 N–H and O–H groups in total. The number of aryl methyl sites for hydroxylation is 1. The molecule has 0 aliphatic carbocycles. The van der Waals surface area contributed by atoms with Crippen molar-refractivity contribution in [2.75, 3.05) is 26.2 Å². The van der Waals surface area contributed by atoms with E-state index in [1.54, 1.807) is 0 Å². The quantitative estimate of drug-likeness (QED) is 0.754. The number of nitrogens with zero attached hydrogens (tertiary/aromatic N) is 2. The third-order valence-electron chi connectivity index (χ3n) is 3.97. The Bertz CT molecular complexity index is 561. The number of rotatable bonds is 8. The van der Waals surface area contributed by atoms with E-state index in [1.165, 1.54) is 23.9 Å². The van der Waals surface area contributed by atoms with Gasteiger partial charge in [0.05, 0.1) is 5.52 Å². The maximum Gasteiger partial charge on any atom is 0.0708 e. The van der Waals surface area contributed by atoms with Crippen LogP contribution in [0.3, 0.4) is 0 Å². The van der Waals surface area contributed by atoms with Gasteiger partial charge in [-0.3, -0.25) is 4.98 Å². The van der Waals surface area contributed by atoms with Gasteiger partial charge in [0, 0.05) is 17.6 Å². The van der Waals surface area contributed by atoms with Gasteiger partial charge < -0.3 is 10.2 Å². The minimum atomic E-state index is 0.919. The van der Waals surface area contributed by atoms with Gasteiger partial charge in [-0.15, -0.1) is 0 Å². The standard InChI is InChI=1S/C18H27N3/c1-4-21(5-2)12-8-11-19-14-16-13-15(3)20-18-10-7-6-9-17(16)18/h6-7,9-10,13,19H,4-5,8,11-12,14H2,1-3H3. The summed E-state index contributed by atoms with van der Waals surface area (Å²) in [5, 5.41) is 4.83. The fourth-order valence-corrected chi connectivity index (χ4v) is 2.73. The Labute approximate surface area is 128 Å². The third-order valence-corrected chi connectivity index (χ3v) is 3.97. The van der Waals surface area contributed by atoms with E-state index in [1.807, 2.05) is 0 Å². The highest BCUT2D eigenvalue weighted by Gasteiger charge is 2.03. The number of hydrogen-bond donors (Lipinski definition) is 1. The summed E-state index contributed by atoms with van der Waals surface area (Å²) in [6, 6.07) is 10.6. The van der Waals surface area contributed by atoms with Crippen LogP contribution in [0.4, 0.5) is 0 Å². The van der Waals surface area contributed by atoms with Crippen LogP contribution in [0.15, 0.2) is 30.3 Å². The summed E-state index contributed by atoms with van der Waals surface area (Å²) in [7, 11) is 0. The van der Waals surface area contributed by atoms with Crippen LogP contribution in [0.2, 0.25) is 0 Å². The van der Waals surface area contributed by atoms with Gasteiger partial charge in [0.25, 0.3) is 0 Å². The second-order valence-corrected chi connectivity index (χ2v) is 5.50. The Kier molecular flexibility index (Phi) is 6.15. The molecule has 3 heteroatoms. The molecule has 0 spiro atoms. The molecule has 114 valence electrons. The Hall–Kier alpha value is -1.45. The fourth-order valence-electron chi connectivity index (χ4n) is 2.73. The van der Waals surface area contributed by atoms with Crippen LogP contribution in [0.1, 0.15) is 31.5 Å². The Morgan fingerprint density at radius 1 is 1.14 bits per heavy atom. The molecule has 0 saturated heterocycles. The van der Waals surface area contributed by atoms with Gasteiger partial charge in [-0.1, -0.05) is 32.0 Å². The lowest BCUT2D eigenvalue weighted by Gasteiger charge is -2.17. The van der Waals surface area contributed by atoms with Gasteiger partial charge in [-0.25, -0.2) is 0 Å². The molecule has 0 atom stereocenters. The lowest BCUT2D eigenvalue weighted by Crippen LogP contribution is -2.27. The van der Waals surface area contributed by atoms with Crippen molar-refractivity contribution in [3.63, 3.8) is 0 Å². The van der Waals surface area contributed by atoms with Crippen molar-refractivity contribution in [2.24, 2.45) is 0 Å². The lowest BCUT2D eigenvalue weighted by molar-refractivity contribution is 0.298. The maximum atomic E-state index is 4.59. The van der Waals surface area contributed by atoms with E-state index < -0.39 is 0 Å². The van der Waals surface area contributed by atoms with Crippen molar-refractivity contribution in [1.29, 1.82) is 0 Å². The summed E-state index contributed by atoms with van der Waals surface area (Å²) >= 11 is 0. The number of benzene rings is 1. The predicted molar refractivity (Wildman–Crippen MR) is 90.6 cm³/mol. The number of aromatic nitrogens is 1. The molecule has 0 radical (unpaired) electrons. The molecular weight excluding hydrogens is 258 g/mol. The molecule has 1 aromatic carbocycles. The molecule has 2 aromatic rings. The van der Waals surface area contributed by atoms with E-state index in [-0.39, 0.29) is 0 Å². The zero-order chi connectivity index (χ0) is 15.1. The molecule has 0 bridgehead atoms. The SMILES string of the molecule is CCN(CC)CCCNCc1cc(C)nc2ccccc12. The summed E-state index contributed by atoms with van der Waals surface area (Å²) < 4.78 is 0. The number of pyridine rings is 1. The first kappa shape index (κ1) is 15.9. The molecule has 3 nitrogen and oxygen atoms in total. The highest BCUT2D eigenvalue weighted by Crippen LogP contribution is 2.17. The molecule has 0 aliphatic heterocycles. The molecule has 0 aliphatic rings. The van der Waals surface area contributed by atoms with E-state index in [4.69, 9.17) is 0 Å². The molecule has 0 saturated carbocycles. The van der Waals surface area contributed by atoms with E-state index in [0.717, 1.165) is 37.4 Å². The molecular formula is C18H27N3. The fraction of sp³-hybridized carbons (Fsp3) is 0.500. The summed E-state index contributed by atoms with van der Waals surface area (Å²) in [5.74, 6) is 0. The minimum Gasteiger partial charge on any atom is -0.313 e. The predicted octanol–water partition coefficient (Wildman–Crippen LogP) is 3.36. The highest BCUT2D eigenvalue weighted by molar-refractivity contribution is 5.82. The van der Waals surface area contributed by atoms with E-state index in [2.05, 4.69) is 66.3 Å².